The van der Waals surface area contributed by atoms with Crippen molar-refractivity contribution in [3.05, 3.63) is 41.9 Å². The summed E-state index contributed by atoms with van der Waals surface area (Å²) in [6.07, 6.45) is 3.85. The minimum absolute atomic E-state index is 0.0800. The van der Waals surface area contributed by atoms with Crippen molar-refractivity contribution in [2.75, 3.05) is 20.3 Å². The molecule has 4 rings (SSSR count). The van der Waals surface area contributed by atoms with Gasteiger partial charge in [-0.05, 0) is 55.9 Å². The number of carbonyl (C=O) groups excluding carboxylic acids is 1. The van der Waals surface area contributed by atoms with Gasteiger partial charge in [0.25, 0.3) is 0 Å². The maximum absolute atomic E-state index is 12.9. The van der Waals surface area contributed by atoms with Gasteiger partial charge in [-0.25, -0.2) is 4.39 Å². The molecule has 8 heteroatoms. The van der Waals surface area contributed by atoms with E-state index in [1.807, 2.05) is 4.90 Å². The third-order valence-electron chi connectivity index (χ3n) is 5.76. The number of hydrogen-bond acceptors (Lipinski definition) is 6. The Bertz CT molecular complexity index is 825. The fourth-order valence-electron chi connectivity index (χ4n) is 4.28. The van der Waals surface area contributed by atoms with Crippen LogP contribution >= 0.6 is 0 Å². The van der Waals surface area contributed by atoms with Crippen molar-refractivity contribution in [3.8, 4) is 5.75 Å². The summed E-state index contributed by atoms with van der Waals surface area (Å²) in [5, 5.41) is 8.27. The van der Waals surface area contributed by atoms with Gasteiger partial charge in [-0.15, -0.1) is 10.2 Å². The molecule has 1 aromatic heterocycles. The number of hydrogen-bond donors (Lipinski definition) is 0. The van der Waals surface area contributed by atoms with Gasteiger partial charge in [0, 0.05) is 20.1 Å². The van der Waals surface area contributed by atoms with Gasteiger partial charge in [-0.2, -0.15) is 0 Å². The van der Waals surface area contributed by atoms with E-state index in [1.165, 1.54) is 12.1 Å². The van der Waals surface area contributed by atoms with Crippen molar-refractivity contribution >= 4 is 5.91 Å². The highest BCUT2D eigenvalue weighted by atomic mass is 19.1. The van der Waals surface area contributed by atoms with Gasteiger partial charge in [0.1, 0.15) is 23.7 Å². The van der Waals surface area contributed by atoms with Gasteiger partial charge < -0.3 is 18.8 Å². The van der Waals surface area contributed by atoms with Gasteiger partial charge in [0.15, 0.2) is 0 Å². The molecule has 0 bridgehead atoms. The normalized spacial score (nSPS) is 23.4. The van der Waals surface area contributed by atoms with Crippen LogP contribution in [0.2, 0.25) is 0 Å². The van der Waals surface area contributed by atoms with Crippen molar-refractivity contribution in [2.45, 2.75) is 44.2 Å². The summed E-state index contributed by atoms with van der Waals surface area (Å²) in [5.74, 6) is 1.72. The van der Waals surface area contributed by atoms with Crippen LogP contribution in [-0.2, 0) is 21.7 Å². The first kappa shape index (κ1) is 18.9. The SMILES string of the molecule is COCc1nnc([C@]23CC[C@H]2CCN3C(=O)CCCOc2ccc(F)cc2)o1. The fourth-order valence-corrected chi connectivity index (χ4v) is 4.28. The summed E-state index contributed by atoms with van der Waals surface area (Å²) in [7, 11) is 1.58. The Kier molecular flexibility index (Phi) is 5.30. The number of amides is 1. The molecule has 1 aliphatic heterocycles. The van der Waals surface area contributed by atoms with Gasteiger partial charge in [0.2, 0.25) is 17.7 Å². The molecular formula is C20H24FN3O4. The molecule has 1 aliphatic carbocycles. The van der Waals surface area contributed by atoms with Crippen LogP contribution in [0, 0.1) is 11.7 Å². The third-order valence-corrected chi connectivity index (χ3v) is 5.76. The highest BCUT2D eigenvalue weighted by Crippen LogP contribution is 2.56. The molecule has 0 unspecified atom stereocenters. The van der Waals surface area contributed by atoms with Gasteiger partial charge >= 0.3 is 0 Å². The average molecular weight is 389 g/mol. The fraction of sp³-hybridized carbons (Fsp3) is 0.550. The molecule has 2 aromatic rings. The highest BCUT2D eigenvalue weighted by Gasteiger charge is 2.60. The quantitative estimate of drug-likeness (QED) is 0.646. The molecule has 150 valence electrons. The zero-order valence-electron chi connectivity index (χ0n) is 15.9. The third kappa shape index (κ3) is 3.37. The molecule has 7 nitrogen and oxygen atoms in total. The number of halogens is 1. The van der Waals surface area contributed by atoms with E-state index in [-0.39, 0.29) is 18.3 Å². The van der Waals surface area contributed by atoms with E-state index in [0.717, 1.165) is 19.3 Å². The summed E-state index contributed by atoms with van der Waals surface area (Å²) in [6, 6.07) is 5.87. The molecule has 2 heterocycles. The number of methoxy groups -OCH3 is 1. The molecule has 1 saturated heterocycles. The van der Waals surface area contributed by atoms with Crippen molar-refractivity contribution in [3.63, 3.8) is 0 Å². The Hall–Kier alpha value is -2.48. The summed E-state index contributed by atoms with van der Waals surface area (Å²) < 4.78 is 29.4. The molecule has 1 saturated carbocycles. The van der Waals surface area contributed by atoms with Crippen molar-refractivity contribution in [1.29, 1.82) is 0 Å². The molecule has 0 spiro atoms. The number of nitrogens with zero attached hydrogens (tertiary/aromatic N) is 3. The largest absolute Gasteiger partial charge is 0.494 e. The van der Waals surface area contributed by atoms with Crippen molar-refractivity contribution < 1.29 is 23.1 Å². The van der Waals surface area contributed by atoms with E-state index in [0.29, 0.717) is 49.4 Å². The molecule has 0 N–H and O–H groups in total. The van der Waals surface area contributed by atoms with Crippen LogP contribution in [0.1, 0.15) is 43.9 Å². The first-order valence-electron chi connectivity index (χ1n) is 9.64. The average Bonchev–Trinajstić information content (AvgIpc) is 3.23. The van der Waals surface area contributed by atoms with Crippen LogP contribution in [0.5, 0.6) is 5.75 Å². The summed E-state index contributed by atoms with van der Waals surface area (Å²) in [5.41, 5.74) is -0.451. The number of carbonyl (C=O) groups is 1. The smallest absolute Gasteiger partial charge is 0.242 e. The Balaban J connectivity index is 1.35. The predicted molar refractivity (Wildman–Crippen MR) is 96.9 cm³/mol. The summed E-state index contributed by atoms with van der Waals surface area (Å²) in [4.78, 5) is 14.8. The summed E-state index contributed by atoms with van der Waals surface area (Å²) in [6.45, 7) is 1.38. The number of likely N-dealkylation sites (tertiary alicyclic amines) is 1. The lowest BCUT2D eigenvalue weighted by Gasteiger charge is -2.47. The minimum Gasteiger partial charge on any atom is -0.494 e. The second-order valence-corrected chi connectivity index (χ2v) is 7.33. The van der Waals surface area contributed by atoms with E-state index in [9.17, 15) is 9.18 Å². The van der Waals surface area contributed by atoms with E-state index in [1.54, 1.807) is 19.2 Å². The van der Waals surface area contributed by atoms with Gasteiger partial charge in [0.05, 0.1) is 6.61 Å². The second kappa shape index (κ2) is 7.87. The monoisotopic (exact) mass is 389 g/mol. The van der Waals surface area contributed by atoms with E-state index < -0.39 is 5.54 Å². The van der Waals surface area contributed by atoms with E-state index in [2.05, 4.69) is 10.2 Å². The second-order valence-electron chi connectivity index (χ2n) is 7.33. The standard InChI is InChI=1S/C20H24FN3O4/c1-26-13-17-22-23-19(28-17)20-10-8-14(20)9-11-24(20)18(25)3-2-12-27-16-6-4-15(21)5-7-16/h4-7,14H,2-3,8-13H2,1H3/t14-,20-/m0/s1. The van der Waals surface area contributed by atoms with Crippen LogP contribution in [0.15, 0.2) is 28.7 Å². The molecule has 1 amide bonds. The molecule has 2 fully saturated rings. The Morgan fingerprint density at radius 2 is 2.14 bits per heavy atom. The lowest BCUT2D eigenvalue weighted by molar-refractivity contribution is -0.142. The van der Waals surface area contributed by atoms with Crippen LogP contribution in [0.3, 0.4) is 0 Å². The molecule has 28 heavy (non-hydrogen) atoms. The lowest BCUT2D eigenvalue weighted by atomic mass is 9.67. The maximum atomic E-state index is 12.9. The molecular weight excluding hydrogens is 365 g/mol. The van der Waals surface area contributed by atoms with Crippen molar-refractivity contribution in [1.82, 2.24) is 15.1 Å². The maximum Gasteiger partial charge on any atom is 0.242 e. The van der Waals surface area contributed by atoms with E-state index >= 15 is 0 Å². The van der Waals surface area contributed by atoms with E-state index in [4.69, 9.17) is 13.9 Å². The zero-order valence-corrected chi connectivity index (χ0v) is 15.9. The predicted octanol–water partition coefficient (Wildman–Crippen LogP) is 3.05. The number of aromatic nitrogens is 2. The number of benzene rings is 1. The van der Waals surface area contributed by atoms with Crippen LogP contribution in [-0.4, -0.2) is 41.3 Å². The Labute approximate surface area is 162 Å². The molecule has 0 radical (unpaired) electrons. The topological polar surface area (TPSA) is 77.7 Å². The molecule has 2 aliphatic rings. The number of ether oxygens (including phenoxy) is 2. The molecule has 2 atom stereocenters. The van der Waals surface area contributed by atoms with Crippen LogP contribution in [0.25, 0.3) is 0 Å². The number of rotatable bonds is 8. The molecule has 1 aromatic carbocycles. The van der Waals surface area contributed by atoms with Crippen molar-refractivity contribution in [2.24, 2.45) is 5.92 Å². The number of fused-ring (bicyclic) bond motifs is 1. The van der Waals surface area contributed by atoms with Gasteiger partial charge in [-0.1, -0.05) is 0 Å². The highest BCUT2D eigenvalue weighted by molar-refractivity contribution is 5.77. The minimum atomic E-state index is -0.451. The zero-order chi connectivity index (χ0) is 19.6. The lowest BCUT2D eigenvalue weighted by Crippen LogP contribution is -2.54. The Morgan fingerprint density at radius 1 is 1.32 bits per heavy atom. The summed E-state index contributed by atoms with van der Waals surface area (Å²) >= 11 is 0. The van der Waals surface area contributed by atoms with Crippen LogP contribution in [0.4, 0.5) is 4.39 Å². The first-order chi connectivity index (χ1) is 13.6. The van der Waals surface area contributed by atoms with Crippen LogP contribution < -0.4 is 4.74 Å². The van der Waals surface area contributed by atoms with Gasteiger partial charge in [-0.3, -0.25) is 4.79 Å². The first-order valence-corrected chi connectivity index (χ1v) is 9.64. The Morgan fingerprint density at radius 3 is 2.86 bits per heavy atom.